The van der Waals surface area contributed by atoms with E-state index < -0.39 is 23.4 Å². The van der Waals surface area contributed by atoms with Gasteiger partial charge in [-0.15, -0.1) is 11.3 Å². The van der Waals surface area contributed by atoms with E-state index in [0.29, 0.717) is 11.1 Å². The number of nitro groups is 1. The Bertz CT molecular complexity index is 935. The highest BCUT2D eigenvalue weighted by Crippen LogP contribution is 2.27. The fourth-order valence-corrected chi connectivity index (χ4v) is 3.56. The minimum Gasteiger partial charge on any atom is -0.456 e. The first-order chi connectivity index (χ1) is 13.2. The van der Waals surface area contributed by atoms with Crippen molar-refractivity contribution in [3.05, 3.63) is 55.3 Å². The van der Waals surface area contributed by atoms with Crippen LogP contribution in [0.4, 0.5) is 11.4 Å². The SMILES string of the molecule is Cc1cc(C(=O)CCC(=O)OCC(=O)Nc2c(C)cccc2[N+](=O)[O-])c(C)s1. The van der Waals surface area contributed by atoms with Gasteiger partial charge in [-0.1, -0.05) is 12.1 Å². The van der Waals surface area contributed by atoms with Crippen LogP contribution < -0.4 is 5.32 Å². The van der Waals surface area contributed by atoms with Crippen LogP contribution in [0.3, 0.4) is 0 Å². The van der Waals surface area contributed by atoms with Crippen molar-refractivity contribution in [3.63, 3.8) is 0 Å². The molecule has 1 aromatic carbocycles. The topological polar surface area (TPSA) is 116 Å². The molecule has 148 valence electrons. The third-order valence-electron chi connectivity index (χ3n) is 3.97. The molecule has 2 rings (SSSR count). The summed E-state index contributed by atoms with van der Waals surface area (Å²) in [5.74, 6) is -1.53. The van der Waals surface area contributed by atoms with Gasteiger partial charge in [-0.05, 0) is 32.4 Å². The standard InChI is InChI=1S/C19H20N2O6S/c1-11-5-4-6-15(21(25)26)19(11)20-17(23)10-27-18(24)8-7-16(22)14-9-12(2)28-13(14)3/h4-6,9H,7-8,10H2,1-3H3,(H,20,23). The second kappa shape index (κ2) is 9.23. The van der Waals surface area contributed by atoms with E-state index in [-0.39, 0.29) is 30.0 Å². The third kappa shape index (κ3) is 5.46. The maximum Gasteiger partial charge on any atom is 0.306 e. The highest BCUT2D eigenvalue weighted by molar-refractivity contribution is 7.12. The van der Waals surface area contributed by atoms with Crippen LogP contribution in [0.1, 0.15) is 38.5 Å². The third-order valence-corrected chi connectivity index (χ3v) is 4.94. The molecule has 9 heteroatoms. The van der Waals surface area contributed by atoms with Gasteiger partial charge in [0.25, 0.3) is 11.6 Å². The molecule has 8 nitrogen and oxygen atoms in total. The van der Waals surface area contributed by atoms with Crippen LogP contribution in [-0.2, 0) is 14.3 Å². The summed E-state index contributed by atoms with van der Waals surface area (Å²) >= 11 is 1.51. The van der Waals surface area contributed by atoms with Gasteiger partial charge in [-0.3, -0.25) is 24.5 Å². The van der Waals surface area contributed by atoms with Crippen LogP contribution >= 0.6 is 11.3 Å². The van der Waals surface area contributed by atoms with Crippen LogP contribution in [0.25, 0.3) is 0 Å². The maximum atomic E-state index is 12.2. The van der Waals surface area contributed by atoms with Crippen molar-refractivity contribution < 1.29 is 24.0 Å². The van der Waals surface area contributed by atoms with Gasteiger partial charge in [0.1, 0.15) is 5.69 Å². The highest BCUT2D eigenvalue weighted by Gasteiger charge is 2.19. The Hall–Kier alpha value is -3.07. The molecule has 28 heavy (non-hydrogen) atoms. The van der Waals surface area contributed by atoms with Gasteiger partial charge < -0.3 is 10.1 Å². The molecule has 0 aliphatic carbocycles. The molecular formula is C19H20N2O6S. The Morgan fingerprint density at radius 2 is 1.89 bits per heavy atom. The van der Waals surface area contributed by atoms with Crippen molar-refractivity contribution in [2.45, 2.75) is 33.6 Å². The number of thiophene rings is 1. The molecule has 1 N–H and O–H groups in total. The summed E-state index contributed by atoms with van der Waals surface area (Å²) in [5.41, 5.74) is 0.930. The zero-order chi connectivity index (χ0) is 20.8. The molecular weight excluding hydrogens is 384 g/mol. The number of para-hydroxylation sites is 1. The number of rotatable bonds is 8. The van der Waals surface area contributed by atoms with Crippen molar-refractivity contribution in [2.75, 3.05) is 11.9 Å². The first-order valence-corrected chi connectivity index (χ1v) is 9.30. The summed E-state index contributed by atoms with van der Waals surface area (Å²) in [6, 6.07) is 6.19. The largest absolute Gasteiger partial charge is 0.456 e. The van der Waals surface area contributed by atoms with Crippen LogP contribution in [0.5, 0.6) is 0 Å². The first-order valence-electron chi connectivity index (χ1n) is 8.48. The molecule has 0 aliphatic rings. The lowest BCUT2D eigenvalue weighted by Crippen LogP contribution is -2.22. The van der Waals surface area contributed by atoms with E-state index in [2.05, 4.69) is 5.32 Å². The molecule has 0 aliphatic heterocycles. The molecule has 0 unspecified atom stereocenters. The van der Waals surface area contributed by atoms with Gasteiger partial charge in [-0.2, -0.15) is 0 Å². The number of amides is 1. The predicted molar refractivity (Wildman–Crippen MR) is 105 cm³/mol. The van der Waals surface area contributed by atoms with Gasteiger partial charge in [0.2, 0.25) is 0 Å². The lowest BCUT2D eigenvalue weighted by molar-refractivity contribution is -0.384. The fourth-order valence-electron chi connectivity index (χ4n) is 2.62. The zero-order valence-corrected chi connectivity index (χ0v) is 16.6. The van der Waals surface area contributed by atoms with Crippen LogP contribution in [0.15, 0.2) is 24.3 Å². The van der Waals surface area contributed by atoms with Crippen LogP contribution in [0, 0.1) is 30.9 Å². The van der Waals surface area contributed by atoms with Crippen molar-refractivity contribution in [3.8, 4) is 0 Å². The molecule has 0 radical (unpaired) electrons. The molecule has 1 heterocycles. The summed E-state index contributed by atoms with van der Waals surface area (Å²) in [6.07, 6.45) is -0.161. The van der Waals surface area contributed by atoms with E-state index in [1.54, 1.807) is 19.1 Å². The molecule has 0 spiro atoms. The Labute approximate surface area is 165 Å². The Balaban J connectivity index is 1.85. The number of benzene rings is 1. The zero-order valence-electron chi connectivity index (χ0n) is 15.7. The number of carbonyl (C=O) groups excluding carboxylic acids is 3. The molecule has 0 atom stereocenters. The lowest BCUT2D eigenvalue weighted by atomic mass is 10.1. The van der Waals surface area contributed by atoms with E-state index in [9.17, 15) is 24.5 Å². The Kier molecular flexibility index (Phi) is 7.00. The second-order valence-corrected chi connectivity index (χ2v) is 7.65. The van der Waals surface area contributed by atoms with E-state index >= 15 is 0 Å². The number of esters is 1. The summed E-state index contributed by atoms with van der Waals surface area (Å²) < 4.78 is 4.87. The molecule has 0 saturated carbocycles. The summed E-state index contributed by atoms with van der Waals surface area (Å²) in [7, 11) is 0. The monoisotopic (exact) mass is 404 g/mol. The van der Waals surface area contributed by atoms with Crippen molar-refractivity contribution in [2.24, 2.45) is 0 Å². The second-order valence-electron chi connectivity index (χ2n) is 6.19. The number of nitrogens with one attached hydrogen (secondary N) is 1. The molecule has 1 aromatic heterocycles. The normalized spacial score (nSPS) is 10.4. The van der Waals surface area contributed by atoms with Gasteiger partial charge in [0, 0.05) is 27.8 Å². The summed E-state index contributed by atoms with van der Waals surface area (Å²) in [6.45, 7) is 4.78. The number of ketones is 1. The van der Waals surface area contributed by atoms with Crippen LogP contribution in [0.2, 0.25) is 0 Å². The average molecular weight is 404 g/mol. The predicted octanol–water partition coefficient (Wildman–Crippen LogP) is 3.73. The molecule has 0 saturated heterocycles. The fraction of sp³-hybridized carbons (Fsp3) is 0.316. The van der Waals surface area contributed by atoms with Gasteiger partial charge in [-0.25, -0.2) is 0 Å². The quantitative estimate of drug-likeness (QED) is 0.310. The number of hydrogen-bond donors (Lipinski definition) is 1. The number of aryl methyl sites for hydroxylation is 3. The number of anilines is 1. The molecule has 0 bridgehead atoms. The average Bonchev–Trinajstić information content (AvgIpc) is 2.97. The van der Waals surface area contributed by atoms with Crippen molar-refractivity contribution in [1.82, 2.24) is 0 Å². The minimum atomic E-state index is -0.693. The van der Waals surface area contributed by atoms with Gasteiger partial charge >= 0.3 is 5.97 Å². The van der Waals surface area contributed by atoms with Gasteiger partial charge in [0.15, 0.2) is 12.4 Å². The molecule has 2 aromatic rings. The summed E-state index contributed by atoms with van der Waals surface area (Å²) in [4.78, 5) is 48.3. The number of carbonyl (C=O) groups is 3. The van der Waals surface area contributed by atoms with Crippen molar-refractivity contribution in [1.29, 1.82) is 0 Å². The number of hydrogen-bond acceptors (Lipinski definition) is 7. The number of nitrogens with zero attached hydrogens (tertiary/aromatic N) is 1. The molecule has 0 fully saturated rings. The van der Waals surface area contributed by atoms with E-state index in [1.807, 2.05) is 13.8 Å². The van der Waals surface area contributed by atoms with E-state index in [0.717, 1.165) is 9.75 Å². The Morgan fingerprint density at radius 1 is 1.18 bits per heavy atom. The van der Waals surface area contributed by atoms with Gasteiger partial charge in [0.05, 0.1) is 11.3 Å². The first kappa shape index (κ1) is 21.2. The number of nitro benzene ring substituents is 1. The minimum absolute atomic E-state index is 0.0132. The van der Waals surface area contributed by atoms with Crippen molar-refractivity contribution >= 4 is 40.4 Å². The summed E-state index contributed by atoms with van der Waals surface area (Å²) in [5, 5.41) is 13.4. The lowest BCUT2D eigenvalue weighted by Gasteiger charge is -2.09. The number of Topliss-reactive ketones (excluding diaryl/α,β-unsaturated/α-hetero) is 1. The Morgan fingerprint density at radius 3 is 2.50 bits per heavy atom. The highest BCUT2D eigenvalue weighted by atomic mass is 32.1. The number of ether oxygens (including phenoxy) is 1. The smallest absolute Gasteiger partial charge is 0.306 e. The molecule has 1 amide bonds. The van der Waals surface area contributed by atoms with E-state index in [4.69, 9.17) is 4.74 Å². The van der Waals surface area contributed by atoms with Crippen LogP contribution in [-0.4, -0.2) is 29.2 Å². The van der Waals surface area contributed by atoms with E-state index in [1.165, 1.54) is 23.5 Å². The maximum absolute atomic E-state index is 12.2.